The summed E-state index contributed by atoms with van der Waals surface area (Å²) >= 11 is 1.31. The van der Waals surface area contributed by atoms with Crippen molar-refractivity contribution in [3.8, 4) is 0 Å². The van der Waals surface area contributed by atoms with Crippen molar-refractivity contribution in [2.75, 3.05) is 13.1 Å². The molecule has 1 N–H and O–H groups in total. The molecule has 1 aliphatic rings. The number of aliphatic carboxylic acids is 1. The standard InChI is InChI=1S/C13H13N3O4S/c17-10(15-3-1-2-8(7-15)12(19)20)9-6-14-13-16(11(9)18)4-5-21-13/h4-6,8H,1-3,7H2,(H,19,20). The predicted octanol–water partition coefficient (Wildman–Crippen LogP) is 0.693. The quantitative estimate of drug-likeness (QED) is 0.881. The summed E-state index contributed by atoms with van der Waals surface area (Å²) < 4.78 is 1.33. The van der Waals surface area contributed by atoms with E-state index in [1.54, 1.807) is 11.6 Å². The van der Waals surface area contributed by atoms with E-state index in [0.717, 1.165) is 0 Å². The maximum atomic E-state index is 12.4. The van der Waals surface area contributed by atoms with Crippen molar-refractivity contribution >= 4 is 28.2 Å². The number of rotatable bonds is 2. The van der Waals surface area contributed by atoms with Gasteiger partial charge in [0.2, 0.25) is 0 Å². The van der Waals surface area contributed by atoms with Gasteiger partial charge in [-0.15, -0.1) is 11.3 Å². The Hall–Kier alpha value is -2.22. The molecule has 0 bridgehead atoms. The van der Waals surface area contributed by atoms with Gasteiger partial charge >= 0.3 is 5.97 Å². The molecule has 1 aliphatic heterocycles. The van der Waals surface area contributed by atoms with Crippen molar-refractivity contribution in [2.45, 2.75) is 12.8 Å². The molecule has 0 aromatic carbocycles. The van der Waals surface area contributed by atoms with E-state index in [0.29, 0.717) is 24.3 Å². The number of carboxylic acid groups (broad SMARTS) is 1. The van der Waals surface area contributed by atoms with Gasteiger partial charge < -0.3 is 10.0 Å². The number of aromatic nitrogens is 2. The number of thiazole rings is 1. The van der Waals surface area contributed by atoms with E-state index in [9.17, 15) is 14.4 Å². The third kappa shape index (κ3) is 2.42. The molecule has 2 aromatic rings. The Labute approximate surface area is 123 Å². The van der Waals surface area contributed by atoms with Gasteiger partial charge in [0, 0.05) is 30.9 Å². The number of amides is 1. The lowest BCUT2D eigenvalue weighted by molar-refractivity contribution is -0.143. The van der Waals surface area contributed by atoms with Crippen LogP contribution in [0.25, 0.3) is 4.96 Å². The van der Waals surface area contributed by atoms with Crippen LogP contribution in [0, 0.1) is 5.92 Å². The third-order valence-corrected chi connectivity index (χ3v) is 4.40. The SMILES string of the molecule is O=C(O)C1CCCN(C(=O)c2cnc3sccn3c2=O)C1. The highest BCUT2D eigenvalue weighted by Crippen LogP contribution is 2.18. The summed E-state index contributed by atoms with van der Waals surface area (Å²) in [6, 6.07) is 0. The van der Waals surface area contributed by atoms with Crippen LogP contribution in [-0.2, 0) is 4.79 Å². The highest BCUT2D eigenvalue weighted by molar-refractivity contribution is 7.15. The first-order valence-electron chi connectivity index (χ1n) is 6.55. The topological polar surface area (TPSA) is 92.0 Å². The maximum Gasteiger partial charge on any atom is 0.308 e. The first kappa shape index (κ1) is 13.7. The lowest BCUT2D eigenvalue weighted by Gasteiger charge is -2.30. The molecule has 1 fully saturated rings. The van der Waals surface area contributed by atoms with Crippen LogP contribution in [0.4, 0.5) is 0 Å². The van der Waals surface area contributed by atoms with Crippen LogP contribution < -0.4 is 5.56 Å². The molecule has 3 rings (SSSR count). The second-order valence-corrected chi connectivity index (χ2v) is 5.83. The van der Waals surface area contributed by atoms with E-state index < -0.39 is 23.4 Å². The van der Waals surface area contributed by atoms with Crippen LogP contribution in [0.2, 0.25) is 0 Å². The Bertz CT molecular complexity index is 766. The number of nitrogens with zero attached hydrogens (tertiary/aromatic N) is 3. The number of fused-ring (bicyclic) bond motifs is 1. The maximum absolute atomic E-state index is 12.4. The molecule has 1 unspecified atom stereocenters. The fourth-order valence-electron chi connectivity index (χ4n) is 2.50. The van der Waals surface area contributed by atoms with Crippen molar-refractivity contribution in [3.63, 3.8) is 0 Å². The van der Waals surface area contributed by atoms with E-state index in [2.05, 4.69) is 4.98 Å². The van der Waals surface area contributed by atoms with Crippen molar-refractivity contribution < 1.29 is 14.7 Å². The van der Waals surface area contributed by atoms with Gasteiger partial charge in [-0.3, -0.25) is 18.8 Å². The zero-order valence-corrected chi connectivity index (χ0v) is 11.9. The van der Waals surface area contributed by atoms with Crippen molar-refractivity contribution in [3.05, 3.63) is 33.7 Å². The molecule has 0 saturated carbocycles. The molecule has 1 amide bonds. The van der Waals surface area contributed by atoms with Gasteiger partial charge in [0.1, 0.15) is 5.56 Å². The fourth-order valence-corrected chi connectivity index (χ4v) is 3.18. The number of carbonyl (C=O) groups excluding carboxylic acids is 1. The Morgan fingerprint density at radius 3 is 3.00 bits per heavy atom. The highest BCUT2D eigenvalue weighted by atomic mass is 32.1. The van der Waals surface area contributed by atoms with Gasteiger partial charge in [-0.05, 0) is 12.8 Å². The van der Waals surface area contributed by atoms with Gasteiger partial charge in [0.15, 0.2) is 4.96 Å². The summed E-state index contributed by atoms with van der Waals surface area (Å²) in [6.45, 7) is 0.605. The van der Waals surface area contributed by atoms with Crippen LogP contribution in [0.15, 0.2) is 22.6 Å². The summed E-state index contributed by atoms with van der Waals surface area (Å²) in [5.74, 6) is -1.92. The lowest BCUT2D eigenvalue weighted by atomic mass is 9.98. The van der Waals surface area contributed by atoms with Crippen LogP contribution in [0.3, 0.4) is 0 Å². The van der Waals surface area contributed by atoms with Crippen molar-refractivity contribution in [1.29, 1.82) is 0 Å². The predicted molar refractivity (Wildman–Crippen MR) is 75.6 cm³/mol. The van der Waals surface area contributed by atoms with Crippen LogP contribution in [-0.4, -0.2) is 44.4 Å². The normalized spacial score (nSPS) is 18.9. The minimum atomic E-state index is -0.907. The summed E-state index contributed by atoms with van der Waals surface area (Å²) in [5, 5.41) is 10.8. The minimum Gasteiger partial charge on any atom is -0.481 e. The van der Waals surface area contributed by atoms with Gasteiger partial charge in [-0.2, -0.15) is 0 Å². The van der Waals surface area contributed by atoms with Gasteiger partial charge in [0.25, 0.3) is 11.5 Å². The molecule has 0 spiro atoms. The van der Waals surface area contributed by atoms with E-state index in [1.807, 2.05) is 0 Å². The first-order valence-corrected chi connectivity index (χ1v) is 7.43. The molecule has 1 atom stereocenters. The highest BCUT2D eigenvalue weighted by Gasteiger charge is 2.30. The second kappa shape index (κ2) is 5.28. The third-order valence-electron chi connectivity index (χ3n) is 3.63. The van der Waals surface area contributed by atoms with E-state index in [1.165, 1.54) is 26.8 Å². The first-order chi connectivity index (χ1) is 10.1. The summed E-state index contributed by atoms with van der Waals surface area (Å²) in [7, 11) is 0. The number of carbonyl (C=O) groups is 2. The zero-order valence-electron chi connectivity index (χ0n) is 11.1. The minimum absolute atomic E-state index is 0.0167. The monoisotopic (exact) mass is 307 g/mol. The second-order valence-electron chi connectivity index (χ2n) is 4.96. The average Bonchev–Trinajstić information content (AvgIpc) is 2.96. The average molecular weight is 307 g/mol. The Morgan fingerprint density at radius 2 is 2.24 bits per heavy atom. The fraction of sp³-hybridized carbons (Fsp3) is 0.385. The molecule has 1 saturated heterocycles. The zero-order chi connectivity index (χ0) is 15.0. The molecule has 110 valence electrons. The summed E-state index contributed by atoms with van der Waals surface area (Å²) in [6.07, 6.45) is 4.03. The molecule has 8 heteroatoms. The molecule has 2 aromatic heterocycles. The van der Waals surface area contributed by atoms with Crippen LogP contribution in [0.1, 0.15) is 23.2 Å². The van der Waals surface area contributed by atoms with E-state index in [4.69, 9.17) is 5.11 Å². The molecule has 3 heterocycles. The van der Waals surface area contributed by atoms with Crippen LogP contribution in [0.5, 0.6) is 0 Å². The van der Waals surface area contributed by atoms with Crippen molar-refractivity contribution in [1.82, 2.24) is 14.3 Å². The summed E-state index contributed by atoms with van der Waals surface area (Å²) in [4.78, 5) is 41.8. The number of likely N-dealkylation sites (tertiary alicyclic amines) is 1. The molecular formula is C13H13N3O4S. The Kier molecular flexibility index (Phi) is 3.46. The van der Waals surface area contributed by atoms with E-state index >= 15 is 0 Å². The number of carboxylic acids is 1. The lowest BCUT2D eigenvalue weighted by Crippen LogP contribution is -2.44. The number of piperidine rings is 1. The molecular weight excluding hydrogens is 294 g/mol. The van der Waals surface area contributed by atoms with E-state index in [-0.39, 0.29) is 12.1 Å². The van der Waals surface area contributed by atoms with Gasteiger partial charge in [0.05, 0.1) is 5.92 Å². The Morgan fingerprint density at radius 1 is 1.43 bits per heavy atom. The largest absolute Gasteiger partial charge is 0.481 e. The molecule has 0 radical (unpaired) electrons. The number of hydrogen-bond donors (Lipinski definition) is 1. The van der Waals surface area contributed by atoms with Crippen LogP contribution >= 0.6 is 11.3 Å². The smallest absolute Gasteiger partial charge is 0.308 e. The molecule has 0 aliphatic carbocycles. The summed E-state index contributed by atoms with van der Waals surface area (Å²) in [5.41, 5.74) is -0.430. The van der Waals surface area contributed by atoms with Gasteiger partial charge in [-0.25, -0.2) is 4.98 Å². The Balaban J connectivity index is 1.91. The number of hydrogen-bond acceptors (Lipinski definition) is 5. The molecule has 7 nitrogen and oxygen atoms in total. The molecule has 21 heavy (non-hydrogen) atoms. The van der Waals surface area contributed by atoms with Crippen molar-refractivity contribution in [2.24, 2.45) is 5.92 Å². The van der Waals surface area contributed by atoms with Gasteiger partial charge in [-0.1, -0.05) is 0 Å².